The predicted octanol–water partition coefficient (Wildman–Crippen LogP) is 4.14. The number of amides is 1. The number of rotatable bonds is 8. The minimum absolute atomic E-state index is 0.0883. The van der Waals surface area contributed by atoms with Crippen molar-refractivity contribution in [3.05, 3.63) is 74.0 Å². The van der Waals surface area contributed by atoms with Crippen molar-refractivity contribution in [2.24, 2.45) is 0 Å². The molecule has 0 fully saturated rings. The van der Waals surface area contributed by atoms with Crippen molar-refractivity contribution in [3.63, 3.8) is 0 Å². The van der Waals surface area contributed by atoms with Crippen LogP contribution in [0.4, 0.5) is 5.69 Å². The number of fused-ring (bicyclic) bond motifs is 1. The number of nitrogens with one attached hydrogen (secondary N) is 1. The number of carbonyl (C=O) groups excluding carboxylic acids is 2. The van der Waals surface area contributed by atoms with Gasteiger partial charge in [-0.15, -0.1) is 11.3 Å². The summed E-state index contributed by atoms with van der Waals surface area (Å²) in [6.07, 6.45) is 3.77. The number of para-hydroxylation sites is 1. The zero-order valence-electron chi connectivity index (χ0n) is 18.3. The molecule has 0 aliphatic heterocycles. The molecule has 0 bridgehead atoms. The summed E-state index contributed by atoms with van der Waals surface area (Å²) < 4.78 is 6.84. The van der Waals surface area contributed by atoms with Crippen molar-refractivity contribution in [1.29, 1.82) is 0 Å². The number of nitrogens with zero attached hydrogens (tertiary/aromatic N) is 2. The van der Waals surface area contributed by atoms with Crippen LogP contribution < -0.4 is 11.0 Å². The highest BCUT2D eigenvalue weighted by atomic mass is 32.2. The van der Waals surface area contributed by atoms with Crippen molar-refractivity contribution in [2.75, 3.05) is 17.7 Å². The number of benzene rings is 1. The van der Waals surface area contributed by atoms with Crippen molar-refractivity contribution in [1.82, 2.24) is 9.55 Å². The van der Waals surface area contributed by atoms with E-state index in [0.717, 1.165) is 41.8 Å². The molecule has 4 rings (SSSR count). The molecule has 172 valence electrons. The number of ether oxygens (including phenoxy) is 1. The first-order valence-electron chi connectivity index (χ1n) is 10.9. The maximum absolute atomic E-state index is 12.8. The van der Waals surface area contributed by atoms with Crippen LogP contribution in [0.5, 0.6) is 0 Å². The Kier molecular flexibility index (Phi) is 7.61. The first-order valence-corrected chi connectivity index (χ1v) is 12.8. The summed E-state index contributed by atoms with van der Waals surface area (Å²) in [6, 6.07) is 10.8. The van der Waals surface area contributed by atoms with Gasteiger partial charge in [-0.25, -0.2) is 9.59 Å². The Morgan fingerprint density at radius 1 is 1.18 bits per heavy atom. The molecule has 2 aromatic heterocycles. The first kappa shape index (κ1) is 23.3. The molecule has 0 saturated carbocycles. The van der Waals surface area contributed by atoms with Crippen molar-refractivity contribution in [2.45, 2.75) is 44.2 Å². The third-order valence-electron chi connectivity index (χ3n) is 5.38. The number of hydrogen-bond donors (Lipinski definition) is 1. The molecule has 1 aliphatic rings. The largest absolute Gasteiger partial charge is 0.462 e. The Morgan fingerprint density at radius 2 is 2.00 bits per heavy atom. The van der Waals surface area contributed by atoms with Crippen LogP contribution in [0, 0.1) is 0 Å². The van der Waals surface area contributed by atoms with Gasteiger partial charge in [0.2, 0.25) is 5.91 Å². The minimum Gasteiger partial charge on any atom is -0.462 e. The minimum atomic E-state index is -0.480. The van der Waals surface area contributed by atoms with E-state index in [0.29, 0.717) is 22.8 Å². The summed E-state index contributed by atoms with van der Waals surface area (Å²) in [7, 11) is 0. The van der Waals surface area contributed by atoms with Gasteiger partial charge < -0.3 is 10.1 Å². The van der Waals surface area contributed by atoms with E-state index in [1.165, 1.54) is 11.8 Å². The molecule has 0 atom stereocenters. The summed E-state index contributed by atoms with van der Waals surface area (Å²) >= 11 is 2.89. The van der Waals surface area contributed by atoms with Crippen molar-refractivity contribution in [3.8, 4) is 0 Å². The highest BCUT2D eigenvalue weighted by Gasteiger charge is 2.22. The maximum Gasteiger partial charge on any atom is 0.349 e. The van der Waals surface area contributed by atoms with Crippen LogP contribution in [-0.4, -0.2) is 33.8 Å². The molecule has 9 heteroatoms. The number of hydrogen-bond acceptors (Lipinski definition) is 7. The number of esters is 1. The van der Waals surface area contributed by atoms with E-state index in [-0.39, 0.29) is 24.0 Å². The van der Waals surface area contributed by atoms with Crippen molar-refractivity contribution >= 4 is 40.7 Å². The fourth-order valence-electron chi connectivity index (χ4n) is 3.89. The summed E-state index contributed by atoms with van der Waals surface area (Å²) in [5, 5.41) is 5.42. The third-order valence-corrected chi connectivity index (χ3v) is 7.26. The van der Waals surface area contributed by atoms with Crippen LogP contribution in [0.1, 0.15) is 46.3 Å². The molecule has 0 spiro atoms. The van der Waals surface area contributed by atoms with E-state index in [1.54, 1.807) is 47.1 Å². The predicted molar refractivity (Wildman–Crippen MR) is 130 cm³/mol. The maximum atomic E-state index is 12.8. The number of thiophene rings is 1. The highest BCUT2D eigenvalue weighted by Crippen LogP contribution is 2.29. The molecule has 33 heavy (non-hydrogen) atoms. The second-order valence-electron chi connectivity index (χ2n) is 7.60. The lowest BCUT2D eigenvalue weighted by atomic mass is 9.97. The molecule has 7 nitrogen and oxygen atoms in total. The second-order valence-corrected chi connectivity index (χ2v) is 9.60. The van der Waals surface area contributed by atoms with E-state index in [1.807, 2.05) is 17.5 Å². The van der Waals surface area contributed by atoms with Crippen LogP contribution in [0.3, 0.4) is 0 Å². The molecule has 0 saturated heterocycles. The van der Waals surface area contributed by atoms with Crippen LogP contribution in [0.15, 0.2) is 51.6 Å². The van der Waals surface area contributed by atoms with Crippen LogP contribution in [0.2, 0.25) is 0 Å². The lowest BCUT2D eigenvalue weighted by Gasteiger charge is -2.22. The average molecular weight is 484 g/mol. The molecule has 1 N–H and O–H groups in total. The second kappa shape index (κ2) is 10.8. The number of thioether (sulfide) groups is 1. The number of aromatic nitrogens is 2. The molecule has 1 aliphatic carbocycles. The van der Waals surface area contributed by atoms with E-state index in [2.05, 4.69) is 10.3 Å². The van der Waals surface area contributed by atoms with Gasteiger partial charge in [0.15, 0.2) is 0 Å². The van der Waals surface area contributed by atoms with Crippen LogP contribution in [-0.2, 0) is 28.9 Å². The topological polar surface area (TPSA) is 90.3 Å². The Balaban J connectivity index is 1.50. The van der Waals surface area contributed by atoms with Gasteiger partial charge in [-0.1, -0.05) is 30.0 Å². The van der Waals surface area contributed by atoms with E-state index < -0.39 is 5.97 Å². The monoisotopic (exact) mass is 483 g/mol. The Hall–Kier alpha value is -2.91. The van der Waals surface area contributed by atoms with Gasteiger partial charge >= 0.3 is 11.7 Å². The molecule has 0 unspecified atom stereocenters. The van der Waals surface area contributed by atoms with Crippen LogP contribution in [0.25, 0.3) is 0 Å². The zero-order valence-corrected chi connectivity index (χ0v) is 20.0. The number of anilines is 1. The van der Waals surface area contributed by atoms with E-state index in [9.17, 15) is 14.4 Å². The Labute approximate surface area is 200 Å². The molecule has 2 heterocycles. The molecule has 1 aromatic carbocycles. The SMILES string of the molecule is CCOC(=O)c1ccccc1NC(=O)CSc1nc(=O)n(Cc2cccs2)c2c1CCCC2. The quantitative estimate of drug-likeness (QED) is 0.294. The third kappa shape index (κ3) is 5.54. The molecular formula is C24H25N3O4S2. The smallest absolute Gasteiger partial charge is 0.349 e. The summed E-state index contributed by atoms with van der Waals surface area (Å²) in [5.41, 5.74) is 2.54. The lowest BCUT2D eigenvalue weighted by Crippen LogP contribution is -2.30. The molecule has 3 aromatic rings. The Morgan fingerprint density at radius 3 is 2.79 bits per heavy atom. The van der Waals surface area contributed by atoms with Gasteiger partial charge in [0, 0.05) is 16.1 Å². The van der Waals surface area contributed by atoms with Crippen molar-refractivity contribution < 1.29 is 14.3 Å². The fourth-order valence-corrected chi connectivity index (χ4v) is 5.46. The van der Waals surface area contributed by atoms with Gasteiger partial charge in [-0.05, 0) is 56.2 Å². The Bertz CT molecular complexity index is 1200. The molecular weight excluding hydrogens is 458 g/mol. The summed E-state index contributed by atoms with van der Waals surface area (Å²) in [6.45, 7) is 2.52. The van der Waals surface area contributed by atoms with E-state index >= 15 is 0 Å². The molecule has 0 radical (unpaired) electrons. The lowest BCUT2D eigenvalue weighted by molar-refractivity contribution is -0.113. The zero-order chi connectivity index (χ0) is 23.2. The van der Waals surface area contributed by atoms with Gasteiger partial charge in [0.05, 0.1) is 30.2 Å². The standard InChI is InChI=1S/C24H25N3O4S2/c1-2-31-23(29)17-9-3-5-11-19(17)25-21(28)15-33-22-18-10-4-6-12-20(18)27(24(30)26-22)14-16-8-7-13-32-16/h3,5,7-9,11,13H,2,4,6,10,12,14-15H2,1H3,(H,25,28). The summed E-state index contributed by atoms with van der Waals surface area (Å²) in [4.78, 5) is 43.1. The van der Waals surface area contributed by atoms with E-state index in [4.69, 9.17) is 4.74 Å². The highest BCUT2D eigenvalue weighted by molar-refractivity contribution is 8.00. The van der Waals surface area contributed by atoms with Crippen LogP contribution >= 0.6 is 23.1 Å². The van der Waals surface area contributed by atoms with Gasteiger partial charge in [-0.3, -0.25) is 9.36 Å². The van der Waals surface area contributed by atoms with Gasteiger partial charge in [0.1, 0.15) is 5.03 Å². The molecule has 1 amide bonds. The number of carbonyl (C=O) groups is 2. The normalized spacial score (nSPS) is 12.8. The first-order chi connectivity index (χ1) is 16.1. The van der Waals surface area contributed by atoms with Gasteiger partial charge in [-0.2, -0.15) is 4.98 Å². The fraction of sp³-hybridized carbons (Fsp3) is 0.333. The average Bonchev–Trinajstić information content (AvgIpc) is 3.33. The summed E-state index contributed by atoms with van der Waals surface area (Å²) in [5.74, 6) is -0.664. The van der Waals surface area contributed by atoms with Gasteiger partial charge in [0.25, 0.3) is 0 Å².